The van der Waals surface area contributed by atoms with Gasteiger partial charge in [-0.15, -0.1) is 0 Å². The zero-order chi connectivity index (χ0) is 20.9. The number of piperazine rings is 1. The summed E-state index contributed by atoms with van der Waals surface area (Å²) in [6, 6.07) is 5.52. The second-order valence-corrected chi connectivity index (χ2v) is 8.16. The van der Waals surface area contributed by atoms with E-state index in [-0.39, 0.29) is 5.91 Å². The molecule has 0 spiro atoms. The molecule has 2 aliphatic rings. The molecule has 1 amide bonds. The Morgan fingerprint density at radius 3 is 2.57 bits per heavy atom. The minimum atomic E-state index is 0.000110. The Bertz CT molecular complexity index is 858. The van der Waals surface area contributed by atoms with Gasteiger partial charge in [0.1, 0.15) is 19.0 Å². The van der Waals surface area contributed by atoms with Gasteiger partial charge >= 0.3 is 0 Å². The first kappa shape index (κ1) is 20.7. The van der Waals surface area contributed by atoms with Crippen molar-refractivity contribution in [2.45, 2.75) is 26.3 Å². The maximum atomic E-state index is 12.5. The number of carbonyl (C=O) groups is 1. The second-order valence-electron chi connectivity index (χ2n) is 8.16. The van der Waals surface area contributed by atoms with Crippen molar-refractivity contribution in [1.29, 1.82) is 0 Å². The Labute approximate surface area is 177 Å². The Morgan fingerprint density at radius 2 is 1.80 bits per heavy atom. The van der Waals surface area contributed by atoms with E-state index in [1.165, 1.54) is 0 Å². The molecule has 0 aliphatic carbocycles. The van der Waals surface area contributed by atoms with Crippen LogP contribution in [0.3, 0.4) is 0 Å². The number of nitrogens with one attached hydrogen (secondary N) is 1. The number of carbonyl (C=O) groups excluding carboxylic acids is 1. The highest BCUT2D eigenvalue weighted by atomic mass is 16.6. The topological polar surface area (TPSA) is 71.9 Å². The number of anilines is 1. The van der Waals surface area contributed by atoms with Gasteiger partial charge in [-0.25, -0.2) is 4.98 Å². The molecule has 2 aromatic rings. The average Bonchev–Trinajstić information content (AvgIpc) is 3.22. The summed E-state index contributed by atoms with van der Waals surface area (Å²) in [6.07, 6.45) is 3.95. The number of amides is 1. The lowest BCUT2D eigenvalue weighted by Gasteiger charge is -2.34. The molecule has 1 fully saturated rings. The molecule has 1 N–H and O–H groups in total. The lowest BCUT2D eigenvalue weighted by molar-refractivity contribution is -0.117. The molecule has 0 atom stereocenters. The van der Waals surface area contributed by atoms with Crippen LogP contribution in [0.1, 0.15) is 25.6 Å². The lowest BCUT2D eigenvalue weighted by atomic mass is 10.2. The monoisotopic (exact) mass is 413 g/mol. The summed E-state index contributed by atoms with van der Waals surface area (Å²) in [5.41, 5.74) is 0.740. The van der Waals surface area contributed by atoms with Gasteiger partial charge in [0.05, 0.1) is 6.54 Å². The van der Waals surface area contributed by atoms with Crippen molar-refractivity contribution in [3.63, 3.8) is 0 Å². The Kier molecular flexibility index (Phi) is 6.54. The van der Waals surface area contributed by atoms with E-state index in [0.29, 0.717) is 31.4 Å². The van der Waals surface area contributed by atoms with Gasteiger partial charge in [0.25, 0.3) is 0 Å². The van der Waals surface area contributed by atoms with E-state index in [4.69, 9.17) is 9.47 Å². The van der Waals surface area contributed by atoms with Gasteiger partial charge in [0.2, 0.25) is 5.91 Å². The zero-order valence-corrected chi connectivity index (χ0v) is 17.8. The minimum absolute atomic E-state index is 0.000110. The molecule has 8 nitrogen and oxygen atoms in total. The average molecular weight is 414 g/mol. The van der Waals surface area contributed by atoms with Gasteiger partial charge in [0, 0.05) is 69.3 Å². The van der Waals surface area contributed by atoms with Crippen molar-refractivity contribution in [3.8, 4) is 11.5 Å². The van der Waals surface area contributed by atoms with Gasteiger partial charge in [0.15, 0.2) is 11.5 Å². The molecular weight excluding hydrogens is 382 g/mol. The molecule has 2 aliphatic heterocycles. The van der Waals surface area contributed by atoms with Crippen LogP contribution >= 0.6 is 0 Å². The Hall–Kier alpha value is -2.58. The number of imidazole rings is 1. The van der Waals surface area contributed by atoms with Crippen molar-refractivity contribution in [2.75, 3.05) is 57.8 Å². The summed E-state index contributed by atoms with van der Waals surface area (Å²) >= 11 is 0. The van der Waals surface area contributed by atoms with E-state index in [1.807, 2.05) is 24.4 Å². The molecule has 0 unspecified atom stereocenters. The van der Waals surface area contributed by atoms with Crippen LogP contribution in [0.5, 0.6) is 11.5 Å². The quantitative estimate of drug-likeness (QED) is 0.749. The van der Waals surface area contributed by atoms with E-state index in [9.17, 15) is 4.79 Å². The van der Waals surface area contributed by atoms with Crippen LogP contribution < -0.4 is 14.8 Å². The van der Waals surface area contributed by atoms with Crippen molar-refractivity contribution in [3.05, 3.63) is 36.4 Å². The fraction of sp³-hybridized carbons (Fsp3) is 0.545. The summed E-state index contributed by atoms with van der Waals surface area (Å²) in [4.78, 5) is 21.6. The molecule has 30 heavy (non-hydrogen) atoms. The van der Waals surface area contributed by atoms with E-state index in [0.717, 1.165) is 56.5 Å². The molecule has 1 saturated heterocycles. The molecule has 162 valence electrons. The van der Waals surface area contributed by atoms with Crippen molar-refractivity contribution < 1.29 is 14.3 Å². The summed E-state index contributed by atoms with van der Waals surface area (Å²) in [7, 11) is 0. The number of aromatic nitrogens is 2. The van der Waals surface area contributed by atoms with Crippen LogP contribution in [-0.2, 0) is 11.3 Å². The normalized spacial score (nSPS) is 17.3. The predicted molar refractivity (Wildman–Crippen MR) is 115 cm³/mol. The number of hydrogen-bond acceptors (Lipinski definition) is 6. The maximum Gasteiger partial charge on any atom is 0.238 e. The molecule has 1 aromatic heterocycles. The van der Waals surface area contributed by atoms with Crippen LogP contribution in [-0.4, -0.2) is 77.7 Å². The third kappa shape index (κ3) is 5.12. The first-order valence-electron chi connectivity index (χ1n) is 10.7. The van der Waals surface area contributed by atoms with E-state index in [1.54, 1.807) is 0 Å². The molecular formula is C22H31N5O3. The van der Waals surface area contributed by atoms with Gasteiger partial charge < -0.3 is 19.4 Å². The second kappa shape index (κ2) is 9.49. The number of hydrogen-bond donors (Lipinski definition) is 1. The SMILES string of the molecule is CC(C)c1nccn1CCN1CCN(CC(=O)Nc2ccc3c(c2)OCCO3)CC1. The van der Waals surface area contributed by atoms with Crippen LogP contribution in [0.25, 0.3) is 0 Å². The highest BCUT2D eigenvalue weighted by Crippen LogP contribution is 2.32. The standard InChI is InChI=1S/C22H31N5O3/c1-17(2)22-23-5-6-27(22)12-11-25-7-9-26(10-8-25)16-21(28)24-18-3-4-19-20(15-18)30-14-13-29-19/h3-6,15,17H,7-14,16H2,1-2H3,(H,24,28). The first-order valence-corrected chi connectivity index (χ1v) is 10.7. The first-order chi connectivity index (χ1) is 14.6. The van der Waals surface area contributed by atoms with E-state index < -0.39 is 0 Å². The minimum Gasteiger partial charge on any atom is -0.486 e. The number of benzene rings is 1. The van der Waals surface area contributed by atoms with Crippen LogP contribution in [0.15, 0.2) is 30.6 Å². The zero-order valence-electron chi connectivity index (χ0n) is 17.8. The molecule has 3 heterocycles. The van der Waals surface area contributed by atoms with Gasteiger partial charge in [-0.3, -0.25) is 14.6 Å². The van der Waals surface area contributed by atoms with Gasteiger partial charge in [-0.2, -0.15) is 0 Å². The van der Waals surface area contributed by atoms with E-state index >= 15 is 0 Å². The van der Waals surface area contributed by atoms with Crippen LogP contribution in [0.2, 0.25) is 0 Å². The van der Waals surface area contributed by atoms with Crippen LogP contribution in [0, 0.1) is 0 Å². The maximum absolute atomic E-state index is 12.5. The summed E-state index contributed by atoms with van der Waals surface area (Å²) < 4.78 is 13.3. The van der Waals surface area contributed by atoms with Gasteiger partial charge in [-0.05, 0) is 12.1 Å². The summed E-state index contributed by atoms with van der Waals surface area (Å²) in [5.74, 6) is 2.99. The molecule has 1 aromatic carbocycles. The number of fused-ring (bicyclic) bond motifs is 1. The Morgan fingerprint density at radius 1 is 1.07 bits per heavy atom. The van der Waals surface area contributed by atoms with E-state index in [2.05, 4.69) is 44.7 Å². The van der Waals surface area contributed by atoms with Crippen molar-refractivity contribution in [1.82, 2.24) is 19.4 Å². The Balaban J connectivity index is 1.20. The molecule has 4 rings (SSSR count). The largest absolute Gasteiger partial charge is 0.486 e. The predicted octanol–water partition coefficient (Wildman–Crippen LogP) is 2.03. The third-order valence-corrected chi connectivity index (χ3v) is 5.58. The summed E-state index contributed by atoms with van der Waals surface area (Å²) in [5, 5.41) is 2.97. The molecule has 0 bridgehead atoms. The summed E-state index contributed by atoms with van der Waals surface area (Å²) in [6.45, 7) is 11.6. The molecule has 0 radical (unpaired) electrons. The number of rotatable bonds is 7. The fourth-order valence-electron chi connectivity index (χ4n) is 3.96. The number of ether oxygens (including phenoxy) is 2. The van der Waals surface area contributed by atoms with Crippen molar-refractivity contribution >= 4 is 11.6 Å². The molecule has 0 saturated carbocycles. The van der Waals surface area contributed by atoms with Crippen molar-refractivity contribution in [2.24, 2.45) is 0 Å². The van der Waals surface area contributed by atoms with Gasteiger partial charge in [-0.1, -0.05) is 13.8 Å². The lowest BCUT2D eigenvalue weighted by Crippen LogP contribution is -2.49. The fourth-order valence-corrected chi connectivity index (χ4v) is 3.96. The smallest absolute Gasteiger partial charge is 0.238 e. The highest BCUT2D eigenvalue weighted by Gasteiger charge is 2.20. The highest BCUT2D eigenvalue weighted by molar-refractivity contribution is 5.92. The van der Waals surface area contributed by atoms with Crippen LogP contribution in [0.4, 0.5) is 5.69 Å². The third-order valence-electron chi connectivity index (χ3n) is 5.58. The molecule has 8 heteroatoms. The number of nitrogens with zero attached hydrogens (tertiary/aromatic N) is 4.